The number of para-hydroxylation sites is 1. The molecule has 7 heteroatoms. The molecule has 1 fully saturated rings. The quantitative estimate of drug-likeness (QED) is 0.551. The molecule has 4 rings (SSSR count). The van der Waals surface area contributed by atoms with Crippen LogP contribution in [0.1, 0.15) is 34.3 Å². The molecule has 1 saturated heterocycles. The lowest BCUT2D eigenvalue weighted by atomic mass is 9.95. The molecule has 176 valence electrons. The predicted molar refractivity (Wildman–Crippen MR) is 124 cm³/mol. The van der Waals surface area contributed by atoms with Gasteiger partial charge in [0.25, 0.3) is 5.91 Å². The van der Waals surface area contributed by atoms with Crippen molar-refractivity contribution in [3.8, 4) is 5.75 Å². The molecule has 0 bridgehead atoms. The van der Waals surface area contributed by atoms with Gasteiger partial charge < -0.3 is 15.0 Å². The zero-order chi connectivity index (χ0) is 23.9. The van der Waals surface area contributed by atoms with Gasteiger partial charge in [0.05, 0.1) is 5.56 Å². The van der Waals surface area contributed by atoms with Crippen LogP contribution < -0.4 is 10.1 Å². The van der Waals surface area contributed by atoms with Crippen molar-refractivity contribution in [2.75, 3.05) is 13.1 Å². The Morgan fingerprint density at radius 3 is 2.38 bits per heavy atom. The van der Waals surface area contributed by atoms with E-state index in [1.165, 1.54) is 4.90 Å². The number of halogens is 2. The van der Waals surface area contributed by atoms with E-state index in [0.29, 0.717) is 45.1 Å². The van der Waals surface area contributed by atoms with Crippen molar-refractivity contribution in [2.24, 2.45) is 5.92 Å². The molecule has 0 saturated carbocycles. The third-order valence-corrected chi connectivity index (χ3v) is 5.92. The Hall–Kier alpha value is -3.74. The summed E-state index contributed by atoms with van der Waals surface area (Å²) in [5.41, 5.74) is 1.83. The van der Waals surface area contributed by atoms with Crippen LogP contribution in [0.5, 0.6) is 5.75 Å². The first-order valence-electron chi connectivity index (χ1n) is 11.3. The molecule has 1 aliphatic rings. The van der Waals surface area contributed by atoms with Crippen LogP contribution in [0.2, 0.25) is 0 Å². The molecular formula is C27H26F2N2O3. The molecule has 0 aromatic heterocycles. The Bertz CT molecular complexity index is 1150. The average Bonchev–Trinajstić information content (AvgIpc) is 2.87. The fourth-order valence-electron chi connectivity index (χ4n) is 4.02. The highest BCUT2D eigenvalue weighted by Crippen LogP contribution is 2.21. The van der Waals surface area contributed by atoms with Crippen LogP contribution in [0.15, 0.2) is 72.8 Å². The van der Waals surface area contributed by atoms with Crippen LogP contribution in [0, 0.1) is 17.6 Å². The molecule has 0 aliphatic carbocycles. The number of rotatable bonds is 7. The van der Waals surface area contributed by atoms with Crippen molar-refractivity contribution >= 4 is 11.8 Å². The van der Waals surface area contributed by atoms with Crippen molar-refractivity contribution in [3.63, 3.8) is 0 Å². The summed E-state index contributed by atoms with van der Waals surface area (Å²) in [5.74, 6) is -1.56. The molecular weight excluding hydrogens is 438 g/mol. The van der Waals surface area contributed by atoms with Crippen LogP contribution in [0.25, 0.3) is 0 Å². The highest BCUT2D eigenvalue weighted by molar-refractivity contribution is 5.94. The minimum absolute atomic E-state index is 0.0639. The number of hydrogen-bond donors (Lipinski definition) is 1. The van der Waals surface area contributed by atoms with Crippen molar-refractivity contribution in [1.82, 2.24) is 10.2 Å². The summed E-state index contributed by atoms with van der Waals surface area (Å²) in [4.78, 5) is 26.7. The smallest absolute Gasteiger partial charge is 0.256 e. The van der Waals surface area contributed by atoms with Crippen molar-refractivity contribution < 1.29 is 23.1 Å². The molecule has 0 atom stereocenters. The van der Waals surface area contributed by atoms with Gasteiger partial charge in [-0.25, -0.2) is 8.78 Å². The highest BCUT2D eigenvalue weighted by atomic mass is 19.1. The first kappa shape index (κ1) is 23.4. The van der Waals surface area contributed by atoms with Crippen molar-refractivity contribution in [3.05, 3.63) is 101 Å². The number of carbonyl (C=O) groups is 2. The van der Waals surface area contributed by atoms with Crippen LogP contribution >= 0.6 is 0 Å². The molecule has 0 radical (unpaired) electrons. The van der Waals surface area contributed by atoms with E-state index in [0.717, 1.165) is 29.0 Å². The van der Waals surface area contributed by atoms with E-state index in [2.05, 4.69) is 5.32 Å². The van der Waals surface area contributed by atoms with E-state index in [4.69, 9.17) is 4.74 Å². The molecule has 3 aromatic carbocycles. The van der Waals surface area contributed by atoms with Gasteiger partial charge in [0.15, 0.2) is 0 Å². The van der Waals surface area contributed by atoms with E-state index in [9.17, 15) is 18.4 Å². The summed E-state index contributed by atoms with van der Waals surface area (Å²) >= 11 is 0. The third kappa shape index (κ3) is 5.98. The van der Waals surface area contributed by atoms with Gasteiger partial charge in [-0.3, -0.25) is 9.59 Å². The second-order valence-electron chi connectivity index (χ2n) is 8.33. The maximum atomic E-state index is 13.9. The number of carbonyl (C=O) groups excluding carboxylic acids is 2. The number of amides is 2. The van der Waals surface area contributed by atoms with E-state index >= 15 is 0 Å². The first-order chi connectivity index (χ1) is 16.5. The maximum Gasteiger partial charge on any atom is 0.256 e. The molecule has 3 aromatic rings. The second kappa shape index (κ2) is 10.9. The summed E-state index contributed by atoms with van der Waals surface area (Å²) in [6, 6.07) is 20.4. The van der Waals surface area contributed by atoms with Crippen LogP contribution in [0.4, 0.5) is 8.78 Å². The number of ether oxygens (including phenoxy) is 1. The normalized spacial score (nSPS) is 14.0. The molecule has 0 unspecified atom stereocenters. The zero-order valence-electron chi connectivity index (χ0n) is 18.7. The lowest BCUT2D eigenvalue weighted by Crippen LogP contribution is -2.43. The van der Waals surface area contributed by atoms with E-state index in [1.54, 1.807) is 0 Å². The van der Waals surface area contributed by atoms with Crippen molar-refractivity contribution in [2.45, 2.75) is 26.0 Å². The van der Waals surface area contributed by atoms with Gasteiger partial charge in [0.2, 0.25) is 5.91 Å². The Balaban J connectivity index is 1.25. The summed E-state index contributed by atoms with van der Waals surface area (Å²) < 4.78 is 32.8. The number of likely N-dealkylation sites (tertiary alicyclic amines) is 1. The minimum Gasteiger partial charge on any atom is -0.489 e. The van der Waals surface area contributed by atoms with Crippen LogP contribution in [-0.2, 0) is 17.9 Å². The summed E-state index contributed by atoms with van der Waals surface area (Å²) in [6.45, 7) is 1.53. The lowest BCUT2D eigenvalue weighted by molar-refractivity contribution is -0.126. The van der Waals surface area contributed by atoms with Crippen molar-refractivity contribution in [1.29, 1.82) is 0 Å². The van der Waals surface area contributed by atoms with Gasteiger partial charge in [-0.2, -0.15) is 0 Å². The standard InChI is InChI=1S/C27H26F2N2O3/c28-22-9-10-24(25(29)16-22)27(33)31-13-11-21(12-14-31)26(32)30-17-19-5-4-6-20(15-19)18-34-23-7-2-1-3-8-23/h1-10,15-16,21H,11-14,17-18H2,(H,30,32). The van der Waals surface area contributed by atoms with E-state index in [-0.39, 0.29) is 17.4 Å². The van der Waals surface area contributed by atoms with Gasteiger partial charge in [0, 0.05) is 31.6 Å². The van der Waals surface area contributed by atoms with Crippen LogP contribution in [-0.4, -0.2) is 29.8 Å². The molecule has 2 amide bonds. The van der Waals surface area contributed by atoms with Gasteiger partial charge in [-0.05, 0) is 48.2 Å². The topological polar surface area (TPSA) is 58.6 Å². The fraction of sp³-hybridized carbons (Fsp3) is 0.259. The second-order valence-corrected chi connectivity index (χ2v) is 8.33. The number of benzene rings is 3. The summed E-state index contributed by atoms with van der Waals surface area (Å²) in [5, 5.41) is 2.98. The number of nitrogens with zero attached hydrogens (tertiary/aromatic N) is 1. The maximum absolute atomic E-state index is 13.9. The number of nitrogens with one attached hydrogen (secondary N) is 1. The van der Waals surface area contributed by atoms with E-state index in [1.807, 2.05) is 54.6 Å². The average molecular weight is 465 g/mol. The molecule has 1 heterocycles. The van der Waals surface area contributed by atoms with Gasteiger partial charge in [-0.15, -0.1) is 0 Å². The third-order valence-electron chi connectivity index (χ3n) is 5.92. The van der Waals surface area contributed by atoms with Gasteiger partial charge in [-0.1, -0.05) is 42.5 Å². The molecule has 1 N–H and O–H groups in total. The lowest BCUT2D eigenvalue weighted by Gasteiger charge is -2.31. The van der Waals surface area contributed by atoms with Crippen LogP contribution in [0.3, 0.4) is 0 Å². The van der Waals surface area contributed by atoms with E-state index < -0.39 is 17.5 Å². The number of piperidine rings is 1. The largest absolute Gasteiger partial charge is 0.489 e. The molecule has 5 nitrogen and oxygen atoms in total. The monoisotopic (exact) mass is 464 g/mol. The Morgan fingerprint density at radius 1 is 0.912 bits per heavy atom. The Labute approximate surface area is 197 Å². The highest BCUT2D eigenvalue weighted by Gasteiger charge is 2.28. The Kier molecular flexibility index (Phi) is 7.52. The number of hydrogen-bond acceptors (Lipinski definition) is 3. The SMILES string of the molecule is O=C(NCc1cccc(COc2ccccc2)c1)C1CCN(C(=O)c2ccc(F)cc2F)CC1. The first-order valence-corrected chi connectivity index (χ1v) is 11.3. The molecule has 1 aliphatic heterocycles. The van der Waals surface area contributed by atoms with Gasteiger partial charge in [0.1, 0.15) is 24.0 Å². The Morgan fingerprint density at radius 2 is 1.65 bits per heavy atom. The molecule has 34 heavy (non-hydrogen) atoms. The minimum atomic E-state index is -0.874. The fourth-order valence-corrected chi connectivity index (χ4v) is 4.02. The summed E-state index contributed by atoms with van der Waals surface area (Å²) in [7, 11) is 0. The van der Waals surface area contributed by atoms with Gasteiger partial charge >= 0.3 is 0 Å². The predicted octanol–water partition coefficient (Wildman–Crippen LogP) is 4.71. The summed E-state index contributed by atoms with van der Waals surface area (Å²) in [6.07, 6.45) is 0.983. The zero-order valence-corrected chi connectivity index (χ0v) is 18.7. The molecule has 0 spiro atoms.